The molecule has 0 heterocycles. The molecule has 0 unspecified atom stereocenters. The summed E-state index contributed by atoms with van der Waals surface area (Å²) in [5.74, 6) is 0. The first-order valence-electron chi connectivity index (χ1n) is 3.46. The van der Waals surface area contributed by atoms with E-state index in [-0.39, 0.29) is 0 Å². The van der Waals surface area contributed by atoms with Crippen molar-refractivity contribution in [1.82, 2.24) is 0 Å². The Balaban J connectivity index is 2.50. The van der Waals surface area contributed by atoms with Gasteiger partial charge >= 0.3 is 76.7 Å². The number of hydrogen-bond acceptors (Lipinski definition) is 0. The zero-order valence-corrected chi connectivity index (χ0v) is 8.34. The summed E-state index contributed by atoms with van der Waals surface area (Å²) in [7, 11) is 0. The molecule has 0 aliphatic carbocycles. The average molecular weight is 209 g/mol. The molecule has 1 rings (SSSR count). The predicted molar refractivity (Wildman–Crippen MR) is 40.8 cm³/mol. The zero-order chi connectivity index (χ0) is 7.23. The van der Waals surface area contributed by atoms with Gasteiger partial charge in [0.15, 0.2) is 0 Å². The summed E-state index contributed by atoms with van der Waals surface area (Å²) >= 11 is 1.53. The Morgan fingerprint density at radius 3 is 2.50 bits per heavy atom. The van der Waals surface area contributed by atoms with Gasteiger partial charge in [0.05, 0.1) is 0 Å². The first kappa shape index (κ1) is 8.07. The Kier molecular flexibility index (Phi) is 3.82. The van der Waals surface area contributed by atoms with Crippen molar-refractivity contribution in [3.05, 3.63) is 35.9 Å². The Labute approximate surface area is 76.6 Å². The molecule has 0 saturated carbocycles. The minimum atomic E-state index is 1.20. The summed E-state index contributed by atoms with van der Waals surface area (Å²) in [6, 6.07) is 10.6. The zero-order valence-electron chi connectivity index (χ0n) is 5.88. The maximum atomic E-state index is 2.29. The second-order valence-corrected chi connectivity index (χ2v) is 3.23. The molecule has 1 aromatic rings. The number of benzene rings is 1. The van der Waals surface area contributed by atoms with E-state index in [0.29, 0.717) is 0 Å². The molecule has 1 aromatic carbocycles. The van der Waals surface area contributed by atoms with Crippen LogP contribution in [0.3, 0.4) is 0 Å². The second kappa shape index (κ2) is 4.74. The summed E-state index contributed by atoms with van der Waals surface area (Å²) in [5, 5.41) is 0. The van der Waals surface area contributed by atoms with Crippen molar-refractivity contribution < 1.29 is 24.2 Å². The van der Waals surface area contributed by atoms with E-state index in [1.807, 2.05) is 0 Å². The van der Waals surface area contributed by atoms with E-state index in [1.165, 1.54) is 42.6 Å². The standard InChI is InChI=1S/C9H10.Zr/c1-2-6-9-7-4-3-5-8-9;/h1,3-5,7-8H,2,6H2;/q;+2. The van der Waals surface area contributed by atoms with E-state index in [0.717, 1.165) is 0 Å². The maximum absolute atomic E-state index is 2.29. The van der Waals surface area contributed by atoms with Crippen LogP contribution in [0.4, 0.5) is 0 Å². The van der Waals surface area contributed by atoms with Crippen LogP contribution < -0.4 is 0 Å². The van der Waals surface area contributed by atoms with Crippen LogP contribution in [-0.2, 0) is 30.7 Å². The topological polar surface area (TPSA) is 0 Å². The predicted octanol–water partition coefficient (Wildman–Crippen LogP) is 1.97. The summed E-state index contributed by atoms with van der Waals surface area (Å²) in [6.45, 7) is 0. The average Bonchev–Trinajstić information content (AvgIpc) is 2.03. The van der Waals surface area contributed by atoms with E-state index >= 15 is 0 Å². The first-order valence-corrected chi connectivity index (χ1v) is 4.88. The summed E-state index contributed by atoms with van der Waals surface area (Å²) in [6.07, 6.45) is 2.42. The number of aryl methyl sites for hydroxylation is 1. The minimum absolute atomic E-state index is 1.20. The molecule has 0 bridgehead atoms. The molecule has 0 saturated heterocycles. The Hall–Kier alpha value is -0.0269. The van der Waals surface area contributed by atoms with Crippen LogP contribution in [0.2, 0.25) is 0 Å². The Morgan fingerprint density at radius 2 is 1.90 bits per heavy atom. The first-order chi connectivity index (χ1) is 4.93. The summed E-state index contributed by atoms with van der Waals surface area (Å²) < 4.78 is 2.29. The molecule has 0 aliphatic heterocycles. The van der Waals surface area contributed by atoms with Gasteiger partial charge in [0.1, 0.15) is 0 Å². The Morgan fingerprint density at radius 1 is 1.20 bits per heavy atom. The molecule has 0 fully saturated rings. The molecule has 0 radical (unpaired) electrons. The van der Waals surface area contributed by atoms with Crippen molar-refractivity contribution in [3.8, 4) is 0 Å². The molecule has 0 spiro atoms. The Bertz CT molecular complexity index is 191. The van der Waals surface area contributed by atoms with Crippen molar-refractivity contribution in [1.29, 1.82) is 0 Å². The third kappa shape index (κ3) is 2.70. The fourth-order valence-corrected chi connectivity index (χ4v) is 1.24. The van der Waals surface area contributed by atoms with E-state index in [1.54, 1.807) is 0 Å². The molecule has 0 aromatic heterocycles. The molecule has 0 aliphatic rings. The van der Waals surface area contributed by atoms with Crippen molar-refractivity contribution in [2.24, 2.45) is 0 Å². The van der Waals surface area contributed by atoms with Crippen LogP contribution in [0, 0.1) is 0 Å². The van der Waals surface area contributed by atoms with Gasteiger partial charge in [0, 0.05) is 0 Å². The summed E-state index contributed by atoms with van der Waals surface area (Å²) in [4.78, 5) is 0. The molecule has 0 N–H and O–H groups in total. The second-order valence-electron chi connectivity index (χ2n) is 2.23. The molecule has 0 atom stereocenters. The van der Waals surface area contributed by atoms with Crippen molar-refractivity contribution in [2.45, 2.75) is 12.8 Å². The molecule has 0 nitrogen and oxygen atoms in total. The summed E-state index contributed by atoms with van der Waals surface area (Å²) in [5.41, 5.74) is 1.45. The van der Waals surface area contributed by atoms with Gasteiger partial charge in [-0.1, -0.05) is 0 Å². The van der Waals surface area contributed by atoms with E-state index < -0.39 is 0 Å². The number of hydrogen-bond donors (Lipinski definition) is 0. The van der Waals surface area contributed by atoms with Gasteiger partial charge in [-0.05, 0) is 0 Å². The van der Waals surface area contributed by atoms with Crippen molar-refractivity contribution >= 4 is 3.71 Å². The van der Waals surface area contributed by atoms with Crippen LogP contribution in [-0.4, -0.2) is 3.71 Å². The van der Waals surface area contributed by atoms with E-state index in [4.69, 9.17) is 0 Å². The van der Waals surface area contributed by atoms with Gasteiger partial charge < -0.3 is 0 Å². The third-order valence-electron chi connectivity index (χ3n) is 1.42. The van der Waals surface area contributed by atoms with Gasteiger partial charge in [0.2, 0.25) is 0 Å². The molecule has 1 heteroatoms. The van der Waals surface area contributed by atoms with Crippen LogP contribution in [0.1, 0.15) is 12.0 Å². The number of rotatable bonds is 3. The SMILES string of the molecule is [Zr+2]=[CH]CCc1ccccc1. The van der Waals surface area contributed by atoms with Crippen LogP contribution >= 0.6 is 0 Å². The van der Waals surface area contributed by atoms with Gasteiger partial charge in [-0.3, -0.25) is 0 Å². The van der Waals surface area contributed by atoms with Gasteiger partial charge in [-0.25, -0.2) is 0 Å². The van der Waals surface area contributed by atoms with Gasteiger partial charge in [0.25, 0.3) is 0 Å². The van der Waals surface area contributed by atoms with Crippen LogP contribution in [0.15, 0.2) is 30.3 Å². The van der Waals surface area contributed by atoms with Gasteiger partial charge in [-0.2, -0.15) is 0 Å². The quantitative estimate of drug-likeness (QED) is 0.714. The van der Waals surface area contributed by atoms with Crippen molar-refractivity contribution in [3.63, 3.8) is 0 Å². The monoisotopic (exact) mass is 208 g/mol. The van der Waals surface area contributed by atoms with E-state index in [9.17, 15) is 0 Å². The fraction of sp³-hybridized carbons (Fsp3) is 0.222. The molecule has 0 amide bonds. The fourth-order valence-electron chi connectivity index (χ4n) is 0.884. The van der Waals surface area contributed by atoms with Crippen LogP contribution in [0.25, 0.3) is 0 Å². The molecular formula is C9H10Zr+2. The molecular weight excluding hydrogens is 199 g/mol. The third-order valence-corrected chi connectivity index (χ3v) is 2.13. The van der Waals surface area contributed by atoms with Gasteiger partial charge in [-0.15, -0.1) is 0 Å². The molecule has 10 heavy (non-hydrogen) atoms. The van der Waals surface area contributed by atoms with Crippen molar-refractivity contribution in [2.75, 3.05) is 0 Å². The van der Waals surface area contributed by atoms with E-state index in [2.05, 4.69) is 34.0 Å². The van der Waals surface area contributed by atoms with Crippen LogP contribution in [0.5, 0.6) is 0 Å². The molecule has 48 valence electrons. The normalized spacial score (nSPS) is 9.40.